The van der Waals surface area contributed by atoms with Gasteiger partial charge in [-0.25, -0.2) is 4.39 Å². The summed E-state index contributed by atoms with van der Waals surface area (Å²) in [5.41, 5.74) is 3.20. The van der Waals surface area contributed by atoms with Gasteiger partial charge in [0.1, 0.15) is 17.3 Å². The molecule has 0 fully saturated rings. The molecule has 2 nitrogen and oxygen atoms in total. The topological polar surface area (TPSA) is 21.3 Å². The van der Waals surface area contributed by atoms with Gasteiger partial charge >= 0.3 is 0 Å². The zero-order valence-electron chi connectivity index (χ0n) is 12.0. The molecule has 2 aromatic carbocycles. The predicted octanol–water partition coefficient (Wildman–Crippen LogP) is 4.30. The summed E-state index contributed by atoms with van der Waals surface area (Å²) in [4.78, 5) is 0. The number of ether oxygens (including phenoxy) is 1. The third kappa shape index (κ3) is 3.14. The van der Waals surface area contributed by atoms with Crippen molar-refractivity contribution in [2.45, 2.75) is 13.3 Å². The van der Waals surface area contributed by atoms with Crippen LogP contribution in [0, 0.1) is 12.7 Å². The number of hydrogen-bond donors (Lipinski definition) is 1. The molecule has 0 atom stereocenters. The van der Waals surface area contributed by atoms with Crippen LogP contribution in [0.2, 0.25) is 0 Å². The second kappa shape index (κ2) is 6.10. The number of hydrogen-bond acceptors (Lipinski definition) is 2. The van der Waals surface area contributed by atoms with E-state index in [9.17, 15) is 4.39 Å². The first-order valence-electron chi connectivity index (χ1n) is 7.17. The standard InChI is InChI=1S/C18H18FNO/c1-13-12-15(19)6-7-17(13)21-18-5-3-2-4-16(18)14-8-10-20-11-9-14/h2-8,12,20H,9-11H2,1H3. The highest BCUT2D eigenvalue weighted by Crippen LogP contribution is 2.33. The molecule has 0 aliphatic carbocycles. The molecule has 21 heavy (non-hydrogen) atoms. The van der Waals surface area contributed by atoms with E-state index in [0.717, 1.165) is 36.4 Å². The average Bonchev–Trinajstić information content (AvgIpc) is 2.51. The summed E-state index contributed by atoms with van der Waals surface area (Å²) in [6.07, 6.45) is 3.19. The molecule has 3 rings (SSSR count). The van der Waals surface area contributed by atoms with Gasteiger partial charge in [-0.3, -0.25) is 0 Å². The monoisotopic (exact) mass is 283 g/mol. The van der Waals surface area contributed by atoms with Crippen LogP contribution >= 0.6 is 0 Å². The summed E-state index contributed by atoms with van der Waals surface area (Å²) < 4.78 is 19.2. The third-order valence-corrected chi connectivity index (χ3v) is 3.65. The van der Waals surface area contributed by atoms with E-state index in [0.29, 0.717) is 5.75 Å². The molecule has 0 saturated heterocycles. The van der Waals surface area contributed by atoms with Crippen molar-refractivity contribution in [3.8, 4) is 11.5 Å². The summed E-state index contributed by atoms with van der Waals surface area (Å²) in [5, 5.41) is 3.31. The molecule has 1 aliphatic heterocycles. The van der Waals surface area contributed by atoms with Gasteiger partial charge in [-0.2, -0.15) is 0 Å². The minimum absolute atomic E-state index is 0.241. The minimum atomic E-state index is -0.241. The second-order valence-electron chi connectivity index (χ2n) is 5.19. The first-order chi connectivity index (χ1) is 10.2. The Kier molecular flexibility index (Phi) is 4.02. The van der Waals surface area contributed by atoms with Crippen molar-refractivity contribution in [1.29, 1.82) is 0 Å². The lowest BCUT2D eigenvalue weighted by atomic mass is 9.99. The van der Waals surface area contributed by atoms with Crippen molar-refractivity contribution in [3.63, 3.8) is 0 Å². The fourth-order valence-electron chi connectivity index (χ4n) is 2.53. The van der Waals surface area contributed by atoms with Crippen molar-refractivity contribution in [1.82, 2.24) is 5.32 Å². The summed E-state index contributed by atoms with van der Waals surface area (Å²) in [6, 6.07) is 12.6. The summed E-state index contributed by atoms with van der Waals surface area (Å²) in [6.45, 7) is 3.72. The molecule has 0 unspecified atom stereocenters. The van der Waals surface area contributed by atoms with Gasteiger partial charge in [-0.05, 0) is 55.3 Å². The van der Waals surface area contributed by atoms with Crippen molar-refractivity contribution < 1.29 is 9.13 Å². The summed E-state index contributed by atoms with van der Waals surface area (Å²) in [5.74, 6) is 1.27. The third-order valence-electron chi connectivity index (χ3n) is 3.65. The number of para-hydroxylation sites is 1. The van der Waals surface area contributed by atoms with Gasteiger partial charge in [0.25, 0.3) is 0 Å². The summed E-state index contributed by atoms with van der Waals surface area (Å²) >= 11 is 0. The van der Waals surface area contributed by atoms with Crippen LogP contribution in [0.15, 0.2) is 48.5 Å². The number of rotatable bonds is 3. The van der Waals surface area contributed by atoms with E-state index in [1.54, 1.807) is 6.07 Å². The Balaban J connectivity index is 1.93. The van der Waals surface area contributed by atoms with Gasteiger partial charge in [0.2, 0.25) is 0 Å². The second-order valence-corrected chi connectivity index (χ2v) is 5.19. The molecule has 1 aliphatic rings. The van der Waals surface area contributed by atoms with Gasteiger partial charge < -0.3 is 10.1 Å². The molecule has 2 aromatic rings. The van der Waals surface area contributed by atoms with E-state index < -0.39 is 0 Å². The molecule has 0 amide bonds. The van der Waals surface area contributed by atoms with Crippen LogP contribution in [0.3, 0.4) is 0 Å². The number of nitrogens with one attached hydrogen (secondary N) is 1. The van der Waals surface area contributed by atoms with Crippen LogP contribution in [0.1, 0.15) is 17.5 Å². The fourth-order valence-corrected chi connectivity index (χ4v) is 2.53. The van der Waals surface area contributed by atoms with Crippen LogP contribution in [-0.2, 0) is 0 Å². The van der Waals surface area contributed by atoms with Gasteiger partial charge in [0, 0.05) is 12.1 Å². The van der Waals surface area contributed by atoms with Crippen molar-refractivity contribution in [2.75, 3.05) is 13.1 Å². The lowest BCUT2D eigenvalue weighted by Crippen LogP contribution is -2.20. The number of halogens is 1. The summed E-state index contributed by atoms with van der Waals surface area (Å²) in [7, 11) is 0. The maximum atomic E-state index is 13.2. The van der Waals surface area contributed by atoms with Gasteiger partial charge in [-0.15, -0.1) is 0 Å². The van der Waals surface area contributed by atoms with Gasteiger partial charge in [0.15, 0.2) is 0 Å². The first-order valence-corrected chi connectivity index (χ1v) is 7.17. The number of aryl methyl sites for hydroxylation is 1. The molecule has 0 bridgehead atoms. The van der Waals surface area contributed by atoms with E-state index in [1.807, 2.05) is 25.1 Å². The number of benzene rings is 2. The molecule has 3 heteroatoms. The molecular formula is C18H18FNO. The van der Waals surface area contributed by atoms with Crippen LogP contribution in [0.4, 0.5) is 4.39 Å². The highest BCUT2D eigenvalue weighted by molar-refractivity contribution is 5.71. The minimum Gasteiger partial charge on any atom is -0.456 e. The Morgan fingerprint density at radius 1 is 1.10 bits per heavy atom. The largest absolute Gasteiger partial charge is 0.456 e. The zero-order valence-corrected chi connectivity index (χ0v) is 12.0. The normalized spacial score (nSPS) is 14.7. The first kappa shape index (κ1) is 13.8. The molecule has 0 radical (unpaired) electrons. The fraction of sp³-hybridized carbons (Fsp3) is 0.222. The van der Waals surface area contributed by atoms with E-state index >= 15 is 0 Å². The van der Waals surface area contributed by atoms with E-state index in [-0.39, 0.29) is 5.82 Å². The quantitative estimate of drug-likeness (QED) is 0.906. The lowest BCUT2D eigenvalue weighted by Gasteiger charge is -2.18. The smallest absolute Gasteiger partial charge is 0.134 e. The van der Waals surface area contributed by atoms with Crippen molar-refractivity contribution >= 4 is 5.57 Å². The molecule has 0 spiro atoms. The maximum absolute atomic E-state index is 13.2. The Morgan fingerprint density at radius 2 is 1.95 bits per heavy atom. The van der Waals surface area contributed by atoms with Gasteiger partial charge in [-0.1, -0.05) is 24.3 Å². The molecule has 1 heterocycles. The predicted molar refractivity (Wildman–Crippen MR) is 83.1 cm³/mol. The van der Waals surface area contributed by atoms with Crippen LogP contribution in [0.25, 0.3) is 5.57 Å². The highest BCUT2D eigenvalue weighted by Gasteiger charge is 2.12. The Bertz CT molecular complexity index is 679. The lowest BCUT2D eigenvalue weighted by molar-refractivity contribution is 0.474. The molecule has 1 N–H and O–H groups in total. The average molecular weight is 283 g/mol. The molecule has 108 valence electrons. The van der Waals surface area contributed by atoms with Crippen LogP contribution < -0.4 is 10.1 Å². The van der Waals surface area contributed by atoms with Crippen molar-refractivity contribution in [3.05, 3.63) is 65.5 Å². The van der Waals surface area contributed by atoms with Gasteiger partial charge in [0.05, 0.1) is 0 Å². The van der Waals surface area contributed by atoms with E-state index in [1.165, 1.54) is 17.7 Å². The zero-order chi connectivity index (χ0) is 14.7. The highest BCUT2D eigenvalue weighted by atomic mass is 19.1. The van der Waals surface area contributed by atoms with E-state index in [4.69, 9.17) is 4.74 Å². The Labute approximate surface area is 124 Å². The maximum Gasteiger partial charge on any atom is 0.134 e. The SMILES string of the molecule is Cc1cc(F)ccc1Oc1ccccc1C1=CCNCC1. The van der Waals surface area contributed by atoms with Crippen molar-refractivity contribution in [2.24, 2.45) is 0 Å². The van der Waals surface area contributed by atoms with Crippen LogP contribution in [0.5, 0.6) is 11.5 Å². The van der Waals surface area contributed by atoms with E-state index in [2.05, 4.69) is 17.5 Å². The Hall–Kier alpha value is -2.13. The molecular weight excluding hydrogens is 265 g/mol. The Morgan fingerprint density at radius 3 is 2.71 bits per heavy atom. The molecule has 0 aromatic heterocycles. The van der Waals surface area contributed by atoms with Crippen LogP contribution in [-0.4, -0.2) is 13.1 Å². The molecule has 0 saturated carbocycles.